The van der Waals surface area contributed by atoms with Gasteiger partial charge in [0.2, 0.25) is 0 Å². The van der Waals surface area contributed by atoms with E-state index < -0.39 is 17.8 Å². The van der Waals surface area contributed by atoms with Crippen molar-refractivity contribution in [2.75, 3.05) is 6.54 Å². The van der Waals surface area contributed by atoms with E-state index in [0.717, 1.165) is 24.2 Å². The maximum atomic E-state index is 12.4. The fourth-order valence-electron chi connectivity index (χ4n) is 3.97. The summed E-state index contributed by atoms with van der Waals surface area (Å²) in [6.07, 6.45) is 2.90. The highest BCUT2D eigenvalue weighted by molar-refractivity contribution is 6.22. The van der Waals surface area contributed by atoms with Gasteiger partial charge >= 0.3 is 5.97 Å². The predicted molar refractivity (Wildman–Crippen MR) is 93.0 cm³/mol. The molecule has 0 unspecified atom stereocenters. The van der Waals surface area contributed by atoms with Crippen LogP contribution in [-0.2, 0) is 9.53 Å². The summed E-state index contributed by atoms with van der Waals surface area (Å²) in [6.45, 7) is 6.14. The second kappa shape index (κ2) is 6.98. The molecule has 0 spiro atoms. The number of fused-ring (bicyclic) bond motifs is 1. The lowest BCUT2D eigenvalue weighted by atomic mass is 9.75. The summed E-state index contributed by atoms with van der Waals surface area (Å²) in [6, 6.07) is 6.64. The van der Waals surface area contributed by atoms with Crippen LogP contribution in [0.2, 0.25) is 0 Å². The SMILES string of the molecule is CC(C)[C@@H]1CC[C@H](C)C[C@@H]1OC(=O)CN1C(=O)c2ccccc2C1=O. The van der Waals surface area contributed by atoms with Crippen molar-refractivity contribution in [2.45, 2.75) is 46.1 Å². The third-order valence-electron chi connectivity index (χ3n) is 5.41. The Morgan fingerprint density at radius 2 is 1.76 bits per heavy atom. The minimum absolute atomic E-state index is 0.133. The van der Waals surface area contributed by atoms with E-state index in [0.29, 0.717) is 28.9 Å². The van der Waals surface area contributed by atoms with E-state index in [-0.39, 0.29) is 12.6 Å². The van der Waals surface area contributed by atoms with Crippen LogP contribution in [0.15, 0.2) is 24.3 Å². The summed E-state index contributed by atoms with van der Waals surface area (Å²) >= 11 is 0. The molecule has 0 bridgehead atoms. The van der Waals surface area contributed by atoms with Gasteiger partial charge in [0.15, 0.2) is 0 Å². The zero-order valence-corrected chi connectivity index (χ0v) is 15.0. The first-order valence-corrected chi connectivity index (χ1v) is 9.03. The van der Waals surface area contributed by atoms with Gasteiger partial charge in [0.05, 0.1) is 11.1 Å². The molecular formula is C20H25NO4. The van der Waals surface area contributed by atoms with E-state index >= 15 is 0 Å². The molecule has 1 aromatic carbocycles. The summed E-state index contributed by atoms with van der Waals surface area (Å²) in [5.74, 6) is -0.0526. The van der Waals surface area contributed by atoms with Crippen LogP contribution < -0.4 is 0 Å². The second-order valence-corrected chi connectivity index (χ2v) is 7.60. The molecule has 0 radical (unpaired) electrons. The highest BCUT2D eigenvalue weighted by Crippen LogP contribution is 2.35. The van der Waals surface area contributed by atoms with Gasteiger partial charge in [0.1, 0.15) is 12.6 Å². The number of nitrogens with zero attached hydrogens (tertiary/aromatic N) is 1. The topological polar surface area (TPSA) is 63.7 Å². The Balaban J connectivity index is 1.67. The van der Waals surface area contributed by atoms with Crippen LogP contribution in [0.3, 0.4) is 0 Å². The molecule has 0 N–H and O–H groups in total. The number of hydrogen-bond donors (Lipinski definition) is 0. The van der Waals surface area contributed by atoms with E-state index in [9.17, 15) is 14.4 Å². The summed E-state index contributed by atoms with van der Waals surface area (Å²) in [5, 5.41) is 0. The Bertz CT molecular complexity index is 662. The number of ether oxygens (including phenoxy) is 1. The zero-order valence-electron chi connectivity index (χ0n) is 15.0. The maximum absolute atomic E-state index is 12.4. The van der Waals surface area contributed by atoms with Gasteiger partial charge in [-0.15, -0.1) is 0 Å². The predicted octanol–water partition coefficient (Wildman–Crippen LogP) is 3.29. The third-order valence-corrected chi connectivity index (χ3v) is 5.41. The van der Waals surface area contributed by atoms with Crippen LogP contribution >= 0.6 is 0 Å². The lowest BCUT2D eigenvalue weighted by Crippen LogP contribution is -2.40. The molecule has 1 heterocycles. The molecular weight excluding hydrogens is 318 g/mol. The van der Waals surface area contributed by atoms with Gasteiger partial charge in [0, 0.05) is 0 Å². The number of hydrogen-bond acceptors (Lipinski definition) is 4. The van der Waals surface area contributed by atoms with Crippen molar-refractivity contribution < 1.29 is 19.1 Å². The van der Waals surface area contributed by atoms with Crippen molar-refractivity contribution in [3.63, 3.8) is 0 Å². The van der Waals surface area contributed by atoms with Crippen molar-refractivity contribution in [3.05, 3.63) is 35.4 Å². The number of benzene rings is 1. The first-order chi connectivity index (χ1) is 11.9. The van der Waals surface area contributed by atoms with E-state index in [1.54, 1.807) is 24.3 Å². The molecule has 0 aromatic heterocycles. The minimum Gasteiger partial charge on any atom is -0.461 e. The van der Waals surface area contributed by atoms with Gasteiger partial charge in [-0.1, -0.05) is 39.3 Å². The van der Waals surface area contributed by atoms with Crippen LogP contribution in [-0.4, -0.2) is 35.3 Å². The lowest BCUT2D eigenvalue weighted by Gasteiger charge is -2.36. The monoisotopic (exact) mass is 343 g/mol. The first-order valence-electron chi connectivity index (χ1n) is 9.03. The van der Waals surface area contributed by atoms with Crippen molar-refractivity contribution in [2.24, 2.45) is 17.8 Å². The Morgan fingerprint density at radius 3 is 2.32 bits per heavy atom. The number of carbonyl (C=O) groups is 3. The number of esters is 1. The van der Waals surface area contributed by atoms with Crippen molar-refractivity contribution in [3.8, 4) is 0 Å². The van der Waals surface area contributed by atoms with E-state index in [1.807, 2.05) is 0 Å². The normalized spacial score (nSPS) is 26.1. The average molecular weight is 343 g/mol. The highest BCUT2D eigenvalue weighted by Gasteiger charge is 2.38. The van der Waals surface area contributed by atoms with Crippen LogP contribution in [0.1, 0.15) is 60.7 Å². The number of rotatable bonds is 4. The Morgan fingerprint density at radius 1 is 1.16 bits per heavy atom. The van der Waals surface area contributed by atoms with Crippen molar-refractivity contribution in [1.82, 2.24) is 4.90 Å². The standard InChI is InChI=1S/C20H25NO4/c1-12(2)14-9-8-13(3)10-17(14)25-18(22)11-21-19(23)15-6-4-5-7-16(15)20(21)24/h4-7,12-14,17H,8-11H2,1-3H3/t13-,14-,17-/m0/s1. The Labute approximate surface area is 148 Å². The summed E-state index contributed by atoms with van der Waals surface area (Å²) < 4.78 is 5.71. The second-order valence-electron chi connectivity index (χ2n) is 7.60. The Hall–Kier alpha value is -2.17. The number of amides is 2. The largest absolute Gasteiger partial charge is 0.461 e. The summed E-state index contributed by atoms with van der Waals surface area (Å²) in [4.78, 5) is 38.1. The van der Waals surface area contributed by atoms with E-state index in [4.69, 9.17) is 4.74 Å². The molecule has 5 nitrogen and oxygen atoms in total. The number of imide groups is 1. The third kappa shape index (κ3) is 3.46. The smallest absolute Gasteiger partial charge is 0.326 e. The van der Waals surface area contributed by atoms with Crippen LogP contribution in [0.5, 0.6) is 0 Å². The molecule has 5 heteroatoms. The van der Waals surface area contributed by atoms with Gasteiger partial charge in [-0.3, -0.25) is 19.3 Å². The van der Waals surface area contributed by atoms with Crippen LogP contribution in [0.4, 0.5) is 0 Å². The molecule has 134 valence electrons. The molecule has 2 amide bonds. The molecule has 3 rings (SSSR count). The van der Waals surface area contributed by atoms with Gasteiger partial charge in [0.25, 0.3) is 11.8 Å². The molecule has 25 heavy (non-hydrogen) atoms. The molecule has 1 fully saturated rings. The van der Waals surface area contributed by atoms with Gasteiger partial charge in [-0.2, -0.15) is 0 Å². The minimum atomic E-state index is -0.501. The molecule has 0 saturated heterocycles. The summed E-state index contributed by atoms with van der Waals surface area (Å²) in [5.41, 5.74) is 0.707. The highest BCUT2D eigenvalue weighted by atomic mass is 16.5. The molecule has 3 atom stereocenters. The average Bonchev–Trinajstić information content (AvgIpc) is 2.80. The molecule has 1 saturated carbocycles. The molecule has 1 aromatic rings. The lowest BCUT2D eigenvalue weighted by molar-refractivity contribution is -0.156. The van der Waals surface area contributed by atoms with Gasteiger partial charge in [-0.05, 0) is 42.7 Å². The quantitative estimate of drug-likeness (QED) is 0.622. The maximum Gasteiger partial charge on any atom is 0.326 e. The molecule has 1 aliphatic carbocycles. The summed E-state index contributed by atoms with van der Waals surface area (Å²) in [7, 11) is 0. The van der Waals surface area contributed by atoms with Gasteiger partial charge < -0.3 is 4.74 Å². The van der Waals surface area contributed by atoms with E-state index in [1.165, 1.54) is 0 Å². The fourth-order valence-corrected chi connectivity index (χ4v) is 3.97. The molecule has 2 aliphatic rings. The number of carbonyl (C=O) groups excluding carboxylic acids is 3. The first kappa shape index (κ1) is 17.6. The van der Waals surface area contributed by atoms with E-state index in [2.05, 4.69) is 20.8 Å². The van der Waals surface area contributed by atoms with Crippen molar-refractivity contribution >= 4 is 17.8 Å². The zero-order chi connectivity index (χ0) is 18.1. The Kier molecular flexibility index (Phi) is 4.93. The van der Waals surface area contributed by atoms with Crippen LogP contribution in [0, 0.1) is 17.8 Å². The van der Waals surface area contributed by atoms with Crippen LogP contribution in [0.25, 0.3) is 0 Å². The molecule has 1 aliphatic heterocycles. The van der Waals surface area contributed by atoms with Crippen molar-refractivity contribution in [1.29, 1.82) is 0 Å². The van der Waals surface area contributed by atoms with Gasteiger partial charge in [-0.25, -0.2) is 0 Å². The fraction of sp³-hybridized carbons (Fsp3) is 0.550.